The number of pyridine rings is 1. The molecule has 5 nitrogen and oxygen atoms in total. The zero-order valence-corrected chi connectivity index (χ0v) is 34.5. The van der Waals surface area contributed by atoms with Gasteiger partial charge in [0.2, 0.25) is 0 Å². The molecule has 0 fully saturated rings. The molecular formula is C59H36N4O. The largest absolute Gasteiger partial charge is 0.456 e. The maximum atomic E-state index is 6.42. The maximum absolute atomic E-state index is 6.42. The Balaban J connectivity index is 0.942. The average molecular weight is 817 g/mol. The van der Waals surface area contributed by atoms with E-state index in [4.69, 9.17) is 19.4 Å². The number of nitrogens with zero attached hydrogens (tertiary/aromatic N) is 4. The van der Waals surface area contributed by atoms with Crippen LogP contribution < -0.4 is 0 Å². The van der Waals surface area contributed by atoms with Gasteiger partial charge in [-0.05, 0) is 77.9 Å². The Bertz CT molecular complexity index is 3930. The average Bonchev–Trinajstić information content (AvgIpc) is 3.92. The normalized spacial score (nSPS) is 11.8. The molecule has 5 heteroatoms. The van der Waals surface area contributed by atoms with Crippen LogP contribution in [0.3, 0.4) is 0 Å². The Morgan fingerprint density at radius 2 is 0.938 bits per heavy atom. The van der Waals surface area contributed by atoms with Crippen molar-refractivity contribution < 1.29 is 4.42 Å². The molecule has 4 heterocycles. The number of hydrogen-bond acceptors (Lipinski definition) is 4. The Morgan fingerprint density at radius 3 is 1.73 bits per heavy atom. The fraction of sp³-hybridized carbons (Fsp3) is 0. The lowest BCUT2D eigenvalue weighted by Crippen LogP contribution is -1.96. The highest BCUT2D eigenvalue weighted by molar-refractivity contribution is 6.28. The summed E-state index contributed by atoms with van der Waals surface area (Å²) in [6.45, 7) is 0. The smallest absolute Gasteiger partial charge is 0.160 e. The number of fused-ring (bicyclic) bond motifs is 10. The fourth-order valence-corrected chi connectivity index (χ4v) is 9.58. The number of rotatable bonds is 6. The summed E-state index contributed by atoms with van der Waals surface area (Å²) < 4.78 is 8.76. The third-order valence-electron chi connectivity index (χ3n) is 12.6. The number of furan rings is 1. The molecule has 298 valence electrons. The summed E-state index contributed by atoms with van der Waals surface area (Å²) in [4.78, 5) is 15.7. The third-order valence-corrected chi connectivity index (χ3v) is 12.6. The van der Waals surface area contributed by atoms with Crippen molar-refractivity contribution in [3.05, 3.63) is 218 Å². The number of para-hydroxylation sites is 3. The summed E-state index contributed by atoms with van der Waals surface area (Å²) in [5.74, 6) is 0.686. The van der Waals surface area contributed by atoms with Crippen molar-refractivity contribution in [3.63, 3.8) is 0 Å². The molecule has 64 heavy (non-hydrogen) atoms. The van der Waals surface area contributed by atoms with Crippen molar-refractivity contribution in [2.45, 2.75) is 0 Å². The summed E-state index contributed by atoms with van der Waals surface area (Å²) >= 11 is 0. The van der Waals surface area contributed by atoms with Gasteiger partial charge in [0.25, 0.3) is 0 Å². The molecule has 13 rings (SSSR count). The molecule has 9 aromatic carbocycles. The van der Waals surface area contributed by atoms with E-state index in [0.29, 0.717) is 5.82 Å². The van der Waals surface area contributed by atoms with Crippen molar-refractivity contribution in [3.8, 4) is 62.0 Å². The van der Waals surface area contributed by atoms with Crippen LogP contribution in [0, 0.1) is 0 Å². The Kier molecular flexibility index (Phi) is 8.15. The van der Waals surface area contributed by atoms with Crippen molar-refractivity contribution in [2.24, 2.45) is 0 Å². The number of aromatic nitrogens is 4. The second-order valence-corrected chi connectivity index (χ2v) is 16.3. The first-order valence-electron chi connectivity index (χ1n) is 21.6. The standard InChI is InChI=1S/C59H36N4O/c1-4-14-39(15-5-1)58-46-30-33-55-57(45-21-11-13-23-54(45)64-55)56(46)48-34-41(28-31-49(48)60-58)37-24-26-38(27-25-37)50-36-51(62-59(61-50)40-16-6-2-7-17-40)42-29-32-53-47(35-42)44-20-10-12-22-52(44)63(53)43-18-8-3-9-19-43/h1-36H. The van der Waals surface area contributed by atoms with Gasteiger partial charge >= 0.3 is 0 Å². The quantitative estimate of drug-likeness (QED) is 0.157. The first-order chi connectivity index (χ1) is 31.7. The minimum absolute atomic E-state index is 0.686. The predicted molar refractivity (Wildman–Crippen MR) is 264 cm³/mol. The Labute approximate surface area is 368 Å². The molecule has 0 aliphatic rings. The van der Waals surface area contributed by atoms with Crippen LogP contribution in [0.2, 0.25) is 0 Å². The van der Waals surface area contributed by atoms with E-state index in [0.717, 1.165) is 105 Å². The molecule has 0 N–H and O–H groups in total. The maximum Gasteiger partial charge on any atom is 0.160 e. The van der Waals surface area contributed by atoms with Gasteiger partial charge in [0.15, 0.2) is 5.82 Å². The molecular weight excluding hydrogens is 781 g/mol. The summed E-state index contributed by atoms with van der Waals surface area (Å²) in [5.41, 5.74) is 15.1. The minimum Gasteiger partial charge on any atom is -0.456 e. The molecule has 0 atom stereocenters. The summed E-state index contributed by atoms with van der Waals surface area (Å²) in [5, 5.41) is 7.93. The number of benzene rings is 9. The lowest BCUT2D eigenvalue weighted by molar-refractivity contribution is 0.669. The third kappa shape index (κ3) is 5.83. The SMILES string of the molecule is c1ccc(-c2nc(-c3ccc(-c4ccc5nc(-c6ccccc6)c6ccc7oc8ccccc8c7c6c5c4)cc3)cc(-c3ccc4c(c3)c3ccccc3n4-c3ccccc3)n2)cc1. The van der Waals surface area contributed by atoms with Crippen LogP contribution in [0.4, 0.5) is 0 Å². The van der Waals surface area contributed by atoms with Crippen molar-refractivity contribution in [2.75, 3.05) is 0 Å². The van der Waals surface area contributed by atoms with Crippen molar-refractivity contribution in [1.82, 2.24) is 19.5 Å². The highest BCUT2D eigenvalue weighted by Crippen LogP contribution is 2.43. The van der Waals surface area contributed by atoms with Gasteiger partial charge < -0.3 is 8.98 Å². The van der Waals surface area contributed by atoms with Gasteiger partial charge in [-0.3, -0.25) is 0 Å². The van der Waals surface area contributed by atoms with Gasteiger partial charge in [0, 0.05) is 65.6 Å². The molecule has 0 saturated heterocycles. The minimum atomic E-state index is 0.686. The molecule has 0 aliphatic carbocycles. The van der Waals surface area contributed by atoms with Crippen LogP contribution in [0.1, 0.15) is 0 Å². The van der Waals surface area contributed by atoms with Gasteiger partial charge in [-0.1, -0.05) is 152 Å². The zero-order valence-electron chi connectivity index (χ0n) is 34.5. The van der Waals surface area contributed by atoms with E-state index in [9.17, 15) is 0 Å². The monoisotopic (exact) mass is 816 g/mol. The second kappa shape index (κ2) is 14.5. The zero-order chi connectivity index (χ0) is 42.1. The van der Waals surface area contributed by atoms with Gasteiger partial charge in [-0.2, -0.15) is 0 Å². The van der Waals surface area contributed by atoms with Gasteiger partial charge in [0.1, 0.15) is 11.2 Å². The predicted octanol–water partition coefficient (Wildman–Crippen LogP) is 15.5. The van der Waals surface area contributed by atoms with Gasteiger partial charge in [-0.25, -0.2) is 15.0 Å². The van der Waals surface area contributed by atoms with Gasteiger partial charge in [0.05, 0.1) is 33.6 Å². The lowest BCUT2D eigenvalue weighted by Gasteiger charge is -2.13. The second-order valence-electron chi connectivity index (χ2n) is 16.3. The van der Waals surface area contributed by atoms with Crippen LogP contribution >= 0.6 is 0 Å². The molecule has 0 unspecified atom stereocenters. The van der Waals surface area contributed by atoms with Crippen LogP contribution in [0.5, 0.6) is 0 Å². The van der Waals surface area contributed by atoms with Crippen LogP contribution in [0.25, 0.3) is 127 Å². The molecule has 0 bridgehead atoms. The molecule has 4 aromatic heterocycles. The highest BCUT2D eigenvalue weighted by atomic mass is 16.3. The number of hydrogen-bond donors (Lipinski definition) is 0. The Hall–Kier alpha value is -8.67. The van der Waals surface area contributed by atoms with Crippen LogP contribution in [-0.4, -0.2) is 19.5 Å². The summed E-state index contributed by atoms with van der Waals surface area (Å²) in [7, 11) is 0. The van der Waals surface area contributed by atoms with Crippen LogP contribution in [-0.2, 0) is 0 Å². The first-order valence-corrected chi connectivity index (χ1v) is 21.6. The summed E-state index contributed by atoms with van der Waals surface area (Å²) in [6, 6.07) is 76.6. The Morgan fingerprint density at radius 1 is 0.328 bits per heavy atom. The molecule has 13 aromatic rings. The fourth-order valence-electron chi connectivity index (χ4n) is 9.58. The van der Waals surface area contributed by atoms with E-state index < -0.39 is 0 Å². The van der Waals surface area contributed by atoms with E-state index in [-0.39, 0.29) is 0 Å². The lowest BCUT2D eigenvalue weighted by atomic mass is 9.94. The van der Waals surface area contributed by atoms with E-state index in [1.807, 2.05) is 36.4 Å². The molecule has 0 aliphatic heterocycles. The molecule has 0 spiro atoms. The van der Waals surface area contributed by atoms with Crippen molar-refractivity contribution >= 4 is 65.4 Å². The first kappa shape index (κ1) is 36.0. The van der Waals surface area contributed by atoms with Crippen LogP contribution in [0.15, 0.2) is 223 Å². The molecule has 0 saturated carbocycles. The van der Waals surface area contributed by atoms with E-state index in [1.54, 1.807) is 0 Å². The van der Waals surface area contributed by atoms with Gasteiger partial charge in [-0.15, -0.1) is 0 Å². The molecule has 0 amide bonds. The highest BCUT2D eigenvalue weighted by Gasteiger charge is 2.19. The summed E-state index contributed by atoms with van der Waals surface area (Å²) in [6.07, 6.45) is 0. The molecule has 0 radical (unpaired) electrons. The van der Waals surface area contributed by atoms with E-state index >= 15 is 0 Å². The topological polar surface area (TPSA) is 56.7 Å². The van der Waals surface area contributed by atoms with Crippen molar-refractivity contribution in [1.29, 1.82) is 0 Å². The van der Waals surface area contributed by atoms with E-state index in [2.05, 4.69) is 187 Å². The van der Waals surface area contributed by atoms with E-state index in [1.165, 1.54) is 16.3 Å².